The number of nitrogens with one attached hydrogen (secondary N) is 1. The van der Waals surface area contributed by atoms with Crippen LogP contribution < -0.4 is 15.0 Å². The summed E-state index contributed by atoms with van der Waals surface area (Å²) >= 11 is 6.17. The predicted octanol–water partition coefficient (Wildman–Crippen LogP) is 2.21. The molecule has 17 heavy (non-hydrogen) atoms. The van der Waals surface area contributed by atoms with Crippen molar-refractivity contribution in [3.05, 3.63) is 22.7 Å². The van der Waals surface area contributed by atoms with Crippen LogP contribution in [0.1, 0.15) is 12.0 Å². The van der Waals surface area contributed by atoms with Crippen molar-refractivity contribution in [3.63, 3.8) is 0 Å². The zero-order valence-corrected chi connectivity index (χ0v) is 10.8. The van der Waals surface area contributed by atoms with E-state index in [4.69, 9.17) is 16.3 Å². The van der Waals surface area contributed by atoms with E-state index in [1.807, 2.05) is 12.1 Å². The van der Waals surface area contributed by atoms with Gasteiger partial charge in [0.2, 0.25) is 0 Å². The first-order valence-electron chi connectivity index (χ1n) is 6.16. The smallest absolute Gasteiger partial charge is 0.145 e. The Balaban J connectivity index is 2.07. The number of hydrogen-bond donors (Lipinski definition) is 1. The highest BCUT2D eigenvalue weighted by Crippen LogP contribution is 2.38. The monoisotopic (exact) mass is 252 g/mol. The molecule has 0 bridgehead atoms. The summed E-state index contributed by atoms with van der Waals surface area (Å²) in [5, 5.41) is 4.24. The van der Waals surface area contributed by atoms with Gasteiger partial charge < -0.3 is 15.0 Å². The average molecular weight is 253 g/mol. The highest BCUT2D eigenvalue weighted by Gasteiger charge is 2.28. The highest BCUT2D eigenvalue weighted by atomic mass is 35.5. The Morgan fingerprint density at radius 3 is 3.24 bits per heavy atom. The first-order valence-corrected chi connectivity index (χ1v) is 6.54. The van der Waals surface area contributed by atoms with Crippen molar-refractivity contribution < 1.29 is 4.74 Å². The molecule has 0 radical (unpaired) electrons. The van der Waals surface area contributed by atoms with Crippen molar-refractivity contribution in [1.82, 2.24) is 5.32 Å². The lowest BCUT2D eigenvalue weighted by atomic mass is 10.1. The summed E-state index contributed by atoms with van der Waals surface area (Å²) in [5.41, 5.74) is 2.30. The molecule has 0 spiro atoms. The van der Waals surface area contributed by atoms with Crippen LogP contribution >= 0.6 is 11.6 Å². The molecule has 1 fully saturated rings. The second kappa shape index (κ2) is 4.39. The topological polar surface area (TPSA) is 24.5 Å². The minimum Gasteiger partial charge on any atom is -0.491 e. The Hall–Kier alpha value is -0.930. The third-order valence-electron chi connectivity index (χ3n) is 3.58. The Bertz CT molecular complexity index is 436. The highest BCUT2D eigenvalue weighted by molar-refractivity contribution is 6.31. The van der Waals surface area contributed by atoms with E-state index in [9.17, 15) is 0 Å². The van der Waals surface area contributed by atoms with Crippen LogP contribution in [0.25, 0.3) is 0 Å². The third-order valence-corrected chi connectivity index (χ3v) is 3.80. The van der Waals surface area contributed by atoms with E-state index in [1.165, 1.54) is 5.69 Å². The maximum Gasteiger partial charge on any atom is 0.145 e. The van der Waals surface area contributed by atoms with Gasteiger partial charge in [-0.25, -0.2) is 0 Å². The molecule has 1 N–H and O–H groups in total. The first-order chi connectivity index (χ1) is 8.25. The molecule has 3 rings (SSSR count). The molecule has 92 valence electrons. The molecule has 0 unspecified atom stereocenters. The van der Waals surface area contributed by atoms with Gasteiger partial charge in [-0.1, -0.05) is 11.6 Å². The van der Waals surface area contributed by atoms with Crippen LogP contribution in [0.15, 0.2) is 12.1 Å². The summed E-state index contributed by atoms with van der Waals surface area (Å²) in [4.78, 5) is 2.44. The Kier molecular flexibility index (Phi) is 2.89. The number of rotatable bonds is 0. The molecule has 0 aliphatic carbocycles. The number of benzene rings is 1. The maximum atomic E-state index is 6.17. The normalized spacial score (nSPS) is 23.4. The van der Waals surface area contributed by atoms with Crippen LogP contribution in [-0.4, -0.2) is 32.3 Å². The van der Waals surface area contributed by atoms with Crippen molar-refractivity contribution in [2.24, 2.45) is 0 Å². The van der Waals surface area contributed by atoms with Gasteiger partial charge in [0.15, 0.2) is 0 Å². The fraction of sp³-hybridized carbons (Fsp3) is 0.538. The van der Waals surface area contributed by atoms with E-state index in [1.54, 1.807) is 0 Å². The van der Waals surface area contributed by atoms with Gasteiger partial charge in [-0.15, -0.1) is 0 Å². The molecule has 0 saturated carbocycles. The van der Waals surface area contributed by atoms with E-state index < -0.39 is 0 Å². The summed E-state index contributed by atoms with van der Waals surface area (Å²) in [6, 6.07) is 4.54. The van der Waals surface area contributed by atoms with Crippen LogP contribution in [0.3, 0.4) is 0 Å². The summed E-state index contributed by atoms with van der Waals surface area (Å²) in [5.74, 6) is 1.01. The van der Waals surface area contributed by atoms with E-state index >= 15 is 0 Å². The molecule has 1 aromatic rings. The van der Waals surface area contributed by atoms with Gasteiger partial charge in [-0.2, -0.15) is 0 Å². The molecule has 3 nitrogen and oxygen atoms in total. The van der Waals surface area contributed by atoms with Gasteiger partial charge in [-0.05, 0) is 24.6 Å². The lowest BCUT2D eigenvalue weighted by Gasteiger charge is -2.36. The first kappa shape index (κ1) is 11.2. The molecule has 2 heterocycles. The summed E-state index contributed by atoms with van der Waals surface area (Å²) < 4.78 is 5.90. The minimum atomic E-state index is 0.530. The zero-order chi connectivity index (χ0) is 11.8. The zero-order valence-electron chi connectivity index (χ0n) is 10.0. The van der Waals surface area contributed by atoms with E-state index in [0.717, 1.165) is 49.0 Å². The number of piperazine rings is 1. The molecule has 0 aromatic heterocycles. The average Bonchev–Trinajstić information content (AvgIpc) is 2.49. The molecule has 2 aliphatic rings. The van der Waals surface area contributed by atoms with Crippen molar-refractivity contribution in [2.75, 3.05) is 31.1 Å². The standard InChI is InChI=1S/C13H17ClN2O/c1-9-6-10(14)7-12-13(9)17-5-2-11-8-15-3-4-16(11)12/h6-7,11,15H,2-5,8H2,1H3/t11-/m0/s1. The summed E-state index contributed by atoms with van der Waals surface area (Å²) in [6.45, 7) is 5.95. The Morgan fingerprint density at radius 2 is 2.35 bits per heavy atom. The van der Waals surface area contributed by atoms with Crippen molar-refractivity contribution in [3.8, 4) is 5.75 Å². The van der Waals surface area contributed by atoms with Crippen LogP contribution in [0.4, 0.5) is 5.69 Å². The number of ether oxygens (including phenoxy) is 1. The molecule has 1 atom stereocenters. The van der Waals surface area contributed by atoms with E-state index in [0.29, 0.717) is 6.04 Å². The second-order valence-corrected chi connectivity index (χ2v) is 5.20. The number of halogens is 1. The van der Waals surface area contributed by atoms with Crippen LogP contribution in [-0.2, 0) is 0 Å². The van der Waals surface area contributed by atoms with Crippen LogP contribution in [0.2, 0.25) is 5.02 Å². The van der Waals surface area contributed by atoms with E-state index in [-0.39, 0.29) is 0 Å². The summed E-state index contributed by atoms with van der Waals surface area (Å²) in [6.07, 6.45) is 1.07. The molecule has 4 heteroatoms. The molecular weight excluding hydrogens is 236 g/mol. The predicted molar refractivity (Wildman–Crippen MR) is 70.3 cm³/mol. The maximum absolute atomic E-state index is 6.17. The molecule has 0 amide bonds. The number of hydrogen-bond acceptors (Lipinski definition) is 3. The molecule has 1 saturated heterocycles. The molecule has 2 aliphatic heterocycles. The number of anilines is 1. The Labute approximate surface area is 107 Å². The summed E-state index contributed by atoms with van der Waals surface area (Å²) in [7, 11) is 0. The van der Waals surface area contributed by atoms with Gasteiger partial charge in [0.25, 0.3) is 0 Å². The van der Waals surface area contributed by atoms with E-state index in [2.05, 4.69) is 17.1 Å². The molecule has 1 aromatic carbocycles. The van der Waals surface area contributed by atoms with Gasteiger partial charge in [0.05, 0.1) is 12.3 Å². The van der Waals surface area contributed by atoms with Gasteiger partial charge in [-0.3, -0.25) is 0 Å². The number of aryl methyl sites for hydroxylation is 1. The van der Waals surface area contributed by atoms with Crippen molar-refractivity contribution in [2.45, 2.75) is 19.4 Å². The van der Waals surface area contributed by atoms with Gasteiger partial charge in [0.1, 0.15) is 5.75 Å². The van der Waals surface area contributed by atoms with Gasteiger partial charge in [0, 0.05) is 37.1 Å². The largest absolute Gasteiger partial charge is 0.491 e. The number of nitrogens with zero attached hydrogens (tertiary/aromatic N) is 1. The lowest BCUT2D eigenvalue weighted by Crippen LogP contribution is -2.51. The Morgan fingerprint density at radius 1 is 1.47 bits per heavy atom. The number of fused-ring (bicyclic) bond motifs is 3. The quantitative estimate of drug-likeness (QED) is 0.766. The molecular formula is C13H17ClN2O. The second-order valence-electron chi connectivity index (χ2n) is 4.76. The van der Waals surface area contributed by atoms with Crippen LogP contribution in [0.5, 0.6) is 5.75 Å². The van der Waals surface area contributed by atoms with Gasteiger partial charge >= 0.3 is 0 Å². The van der Waals surface area contributed by atoms with Crippen molar-refractivity contribution >= 4 is 17.3 Å². The minimum absolute atomic E-state index is 0.530. The van der Waals surface area contributed by atoms with Crippen LogP contribution in [0, 0.1) is 6.92 Å². The fourth-order valence-electron chi connectivity index (χ4n) is 2.75. The lowest BCUT2D eigenvalue weighted by molar-refractivity contribution is 0.302. The van der Waals surface area contributed by atoms with Crippen molar-refractivity contribution in [1.29, 1.82) is 0 Å². The SMILES string of the molecule is Cc1cc(Cl)cc2c1OCC[C@H]1CNCCN21. The third kappa shape index (κ3) is 1.98. The fourth-order valence-corrected chi connectivity index (χ4v) is 3.01.